The van der Waals surface area contributed by atoms with Crippen LogP contribution in [-0.4, -0.2) is 13.2 Å². The average Bonchev–Trinajstić information content (AvgIpc) is 2.76. The van der Waals surface area contributed by atoms with E-state index in [0.717, 1.165) is 17.9 Å². The van der Waals surface area contributed by atoms with Crippen molar-refractivity contribution < 1.29 is 4.74 Å². The van der Waals surface area contributed by atoms with Gasteiger partial charge in [0.2, 0.25) is 0 Å². The molecule has 0 atom stereocenters. The van der Waals surface area contributed by atoms with E-state index in [1.165, 1.54) is 0 Å². The fourth-order valence-electron chi connectivity index (χ4n) is 2.90. The summed E-state index contributed by atoms with van der Waals surface area (Å²) in [5, 5.41) is 12.6. The van der Waals surface area contributed by atoms with Gasteiger partial charge in [0.25, 0.3) is 0 Å². The molecule has 1 fully saturated rings. The van der Waals surface area contributed by atoms with E-state index in [-0.39, 0.29) is 0 Å². The topological polar surface area (TPSA) is 45.0 Å². The van der Waals surface area contributed by atoms with Gasteiger partial charge >= 0.3 is 0 Å². The van der Waals surface area contributed by atoms with E-state index in [2.05, 4.69) is 39.1 Å². The van der Waals surface area contributed by atoms with Crippen LogP contribution in [0.1, 0.15) is 38.8 Å². The lowest BCUT2D eigenvalue weighted by atomic mass is 10.0. The maximum absolute atomic E-state index is 8.97. The third-order valence-corrected chi connectivity index (χ3v) is 4.93. The summed E-state index contributed by atoms with van der Waals surface area (Å²) in [5.41, 5.74) is 2.34. The van der Waals surface area contributed by atoms with Crippen molar-refractivity contribution in [3.8, 4) is 11.8 Å². The van der Waals surface area contributed by atoms with Gasteiger partial charge in [-0.1, -0.05) is 27.7 Å². The fourth-order valence-corrected chi connectivity index (χ4v) is 2.90. The minimum atomic E-state index is 0.313. The Morgan fingerprint density at radius 2 is 1.89 bits per heavy atom. The summed E-state index contributed by atoms with van der Waals surface area (Å²) in [6, 6.07) is 8.21. The molecule has 3 heteroatoms. The highest BCUT2D eigenvalue weighted by Crippen LogP contribution is 2.62. The molecule has 1 aromatic carbocycles. The van der Waals surface area contributed by atoms with Crippen LogP contribution in [0.4, 0.5) is 0 Å². The molecule has 102 valence electrons. The smallest absolute Gasteiger partial charge is 0.123 e. The molecule has 0 bridgehead atoms. The molecule has 2 rings (SSSR count). The van der Waals surface area contributed by atoms with Crippen molar-refractivity contribution in [2.45, 2.75) is 40.3 Å². The van der Waals surface area contributed by atoms with Gasteiger partial charge in [0.05, 0.1) is 18.7 Å². The number of nitrogens with one attached hydrogen (secondary N) is 1. The Morgan fingerprint density at radius 3 is 2.37 bits per heavy atom. The van der Waals surface area contributed by atoms with Gasteiger partial charge in [0.15, 0.2) is 0 Å². The largest absolute Gasteiger partial charge is 0.496 e. The van der Waals surface area contributed by atoms with Crippen molar-refractivity contribution in [2.75, 3.05) is 7.11 Å². The molecule has 0 aliphatic heterocycles. The normalized spacial score (nSPS) is 19.8. The first-order chi connectivity index (χ1) is 8.84. The number of ether oxygens (including phenoxy) is 1. The van der Waals surface area contributed by atoms with Crippen LogP contribution in [0.5, 0.6) is 5.75 Å². The minimum absolute atomic E-state index is 0.313. The first kappa shape index (κ1) is 13.9. The second kappa shape index (κ2) is 4.54. The monoisotopic (exact) mass is 258 g/mol. The maximum atomic E-state index is 8.97. The van der Waals surface area contributed by atoms with E-state index in [1.54, 1.807) is 13.2 Å². The highest BCUT2D eigenvalue weighted by molar-refractivity contribution is 5.42. The quantitative estimate of drug-likeness (QED) is 0.902. The van der Waals surface area contributed by atoms with Crippen LogP contribution < -0.4 is 10.1 Å². The predicted octanol–water partition coefficient (Wildman–Crippen LogP) is 3.09. The van der Waals surface area contributed by atoms with Gasteiger partial charge in [0.1, 0.15) is 5.75 Å². The summed E-state index contributed by atoms with van der Waals surface area (Å²) >= 11 is 0. The van der Waals surface area contributed by atoms with Crippen molar-refractivity contribution in [3.63, 3.8) is 0 Å². The van der Waals surface area contributed by atoms with Gasteiger partial charge in [-0.25, -0.2) is 0 Å². The molecular formula is C16H22N2O. The van der Waals surface area contributed by atoms with Crippen molar-refractivity contribution >= 4 is 0 Å². The number of hydrogen-bond acceptors (Lipinski definition) is 3. The van der Waals surface area contributed by atoms with Gasteiger partial charge in [0, 0.05) is 18.2 Å². The molecule has 0 radical (unpaired) electrons. The molecule has 0 spiro atoms. The van der Waals surface area contributed by atoms with Gasteiger partial charge in [-0.05, 0) is 29.0 Å². The molecule has 1 aromatic rings. The maximum Gasteiger partial charge on any atom is 0.123 e. The Hall–Kier alpha value is -1.53. The van der Waals surface area contributed by atoms with E-state index < -0.39 is 0 Å². The molecule has 1 saturated carbocycles. The zero-order chi connectivity index (χ0) is 14.3. The van der Waals surface area contributed by atoms with Crippen LogP contribution in [0.15, 0.2) is 18.2 Å². The number of hydrogen-bond donors (Lipinski definition) is 1. The predicted molar refractivity (Wildman–Crippen MR) is 75.9 cm³/mol. The second-order valence-electron chi connectivity index (χ2n) is 6.40. The fraction of sp³-hybridized carbons (Fsp3) is 0.562. The summed E-state index contributed by atoms with van der Waals surface area (Å²) in [5.74, 6) is 0.836. The third-order valence-electron chi connectivity index (χ3n) is 4.93. The first-order valence-corrected chi connectivity index (χ1v) is 6.65. The van der Waals surface area contributed by atoms with Crippen LogP contribution >= 0.6 is 0 Å². The van der Waals surface area contributed by atoms with E-state index in [9.17, 15) is 0 Å². The Balaban J connectivity index is 2.11. The Bertz CT molecular complexity index is 512. The molecule has 0 saturated heterocycles. The van der Waals surface area contributed by atoms with Gasteiger partial charge in [-0.3, -0.25) is 0 Å². The molecular weight excluding hydrogens is 236 g/mol. The van der Waals surface area contributed by atoms with Crippen molar-refractivity contribution in [1.29, 1.82) is 5.26 Å². The van der Waals surface area contributed by atoms with Gasteiger partial charge < -0.3 is 10.1 Å². The molecule has 1 N–H and O–H groups in total. The van der Waals surface area contributed by atoms with Crippen LogP contribution in [0, 0.1) is 22.2 Å². The molecule has 3 nitrogen and oxygen atoms in total. The van der Waals surface area contributed by atoms with Gasteiger partial charge in [-0.15, -0.1) is 0 Å². The number of nitriles is 1. The lowest BCUT2D eigenvalue weighted by molar-refractivity contribution is 0.406. The Kier molecular flexibility index (Phi) is 3.32. The molecule has 1 aliphatic carbocycles. The van der Waals surface area contributed by atoms with E-state index >= 15 is 0 Å². The summed E-state index contributed by atoms with van der Waals surface area (Å²) in [6.45, 7) is 9.87. The number of benzene rings is 1. The van der Waals surface area contributed by atoms with E-state index in [1.807, 2.05) is 12.1 Å². The number of nitrogens with zero attached hydrogens (tertiary/aromatic N) is 1. The highest BCUT2D eigenvalue weighted by Gasteiger charge is 2.64. The van der Waals surface area contributed by atoms with E-state index in [0.29, 0.717) is 22.4 Å². The van der Waals surface area contributed by atoms with E-state index in [4.69, 9.17) is 10.00 Å². The Labute approximate surface area is 115 Å². The summed E-state index contributed by atoms with van der Waals surface area (Å²) in [6.07, 6.45) is 0. The summed E-state index contributed by atoms with van der Waals surface area (Å²) in [7, 11) is 1.66. The number of methoxy groups -OCH3 is 1. The first-order valence-electron chi connectivity index (χ1n) is 6.65. The van der Waals surface area contributed by atoms with Crippen molar-refractivity contribution in [2.24, 2.45) is 10.8 Å². The standard InChI is InChI=1S/C16H22N2O/c1-15(2)14(16(15,3)4)18-10-12-8-11(9-17)6-7-13(12)19-5/h6-8,14,18H,10H2,1-5H3. The van der Waals surface area contributed by atoms with Crippen molar-refractivity contribution in [3.05, 3.63) is 29.3 Å². The second-order valence-corrected chi connectivity index (χ2v) is 6.40. The third kappa shape index (κ3) is 2.21. The average molecular weight is 258 g/mol. The zero-order valence-electron chi connectivity index (χ0n) is 12.4. The summed E-state index contributed by atoms with van der Waals surface area (Å²) in [4.78, 5) is 0. The zero-order valence-corrected chi connectivity index (χ0v) is 12.4. The molecule has 0 heterocycles. The molecule has 1 aliphatic rings. The lowest BCUT2D eigenvalue weighted by Gasteiger charge is -2.11. The van der Waals surface area contributed by atoms with Crippen LogP contribution in [0.25, 0.3) is 0 Å². The van der Waals surface area contributed by atoms with Crippen LogP contribution in [0.3, 0.4) is 0 Å². The summed E-state index contributed by atoms with van der Waals surface area (Å²) < 4.78 is 5.35. The van der Waals surface area contributed by atoms with Crippen LogP contribution in [-0.2, 0) is 6.54 Å². The SMILES string of the molecule is COc1ccc(C#N)cc1CNC1C(C)(C)C1(C)C. The van der Waals surface area contributed by atoms with Crippen LogP contribution in [0.2, 0.25) is 0 Å². The van der Waals surface area contributed by atoms with Gasteiger partial charge in [-0.2, -0.15) is 5.26 Å². The molecule has 0 unspecified atom stereocenters. The minimum Gasteiger partial charge on any atom is -0.496 e. The molecule has 19 heavy (non-hydrogen) atoms. The number of rotatable bonds is 4. The Morgan fingerprint density at radius 1 is 1.26 bits per heavy atom. The highest BCUT2D eigenvalue weighted by atomic mass is 16.5. The molecule has 0 aromatic heterocycles. The molecule has 0 amide bonds. The lowest BCUT2D eigenvalue weighted by Crippen LogP contribution is -2.22. The van der Waals surface area contributed by atoms with Crippen molar-refractivity contribution in [1.82, 2.24) is 5.32 Å².